The number of benzene rings is 1. The van der Waals surface area contributed by atoms with Crippen LogP contribution in [-0.4, -0.2) is 17.1 Å². The van der Waals surface area contributed by atoms with Crippen LogP contribution in [-0.2, 0) is 4.79 Å². The third-order valence-corrected chi connectivity index (χ3v) is 2.70. The molecule has 0 aliphatic rings. The molecule has 1 unspecified atom stereocenters. The van der Waals surface area contributed by atoms with Gasteiger partial charge >= 0.3 is 0 Å². The van der Waals surface area contributed by atoms with Crippen molar-refractivity contribution >= 4 is 16.7 Å². The Morgan fingerprint density at radius 1 is 1.39 bits per heavy atom. The summed E-state index contributed by atoms with van der Waals surface area (Å²) in [5, 5.41) is 12.9. The number of aromatic nitrogens is 1. The van der Waals surface area contributed by atoms with E-state index < -0.39 is 12.1 Å². The van der Waals surface area contributed by atoms with Crippen LogP contribution in [0.2, 0.25) is 0 Å². The van der Waals surface area contributed by atoms with Gasteiger partial charge < -0.3 is 14.6 Å². The number of hydrogen-bond acceptors (Lipinski definition) is 4. The topological polar surface area (TPSA) is 62.2 Å². The van der Waals surface area contributed by atoms with E-state index in [9.17, 15) is 9.90 Å². The van der Waals surface area contributed by atoms with Gasteiger partial charge in [0.05, 0.1) is 5.97 Å². The monoisotopic (exact) mass is 244 g/mol. The van der Waals surface area contributed by atoms with E-state index in [1.54, 1.807) is 24.5 Å². The zero-order chi connectivity index (χ0) is 13.0. The highest BCUT2D eigenvalue weighted by Gasteiger charge is 2.10. The Balaban J connectivity index is 2.22. The van der Waals surface area contributed by atoms with Crippen LogP contribution >= 0.6 is 0 Å². The number of nitrogens with zero attached hydrogens (tertiary/aromatic N) is 1. The van der Waals surface area contributed by atoms with Crippen LogP contribution in [0.25, 0.3) is 10.8 Å². The second kappa shape index (κ2) is 5.49. The van der Waals surface area contributed by atoms with Crippen LogP contribution in [0, 0.1) is 0 Å². The molecule has 4 nitrogen and oxygen atoms in total. The van der Waals surface area contributed by atoms with Gasteiger partial charge in [0, 0.05) is 17.8 Å². The number of carbonyl (C=O) groups is 1. The van der Waals surface area contributed by atoms with Crippen LogP contribution in [0.5, 0.6) is 5.75 Å². The minimum absolute atomic E-state index is 0.438. The first-order valence-corrected chi connectivity index (χ1v) is 5.92. The Morgan fingerprint density at radius 3 is 2.94 bits per heavy atom. The second-order valence-electron chi connectivity index (χ2n) is 4.10. The molecule has 2 rings (SSSR count). The second-order valence-corrected chi connectivity index (χ2v) is 4.10. The van der Waals surface area contributed by atoms with E-state index in [0.717, 1.165) is 17.2 Å². The summed E-state index contributed by atoms with van der Waals surface area (Å²) in [5.74, 6) is -0.652. The molecule has 18 heavy (non-hydrogen) atoms. The third kappa shape index (κ3) is 2.77. The standard InChI is InChI=1S/C14H15NO3/c1-2-3-13(14(16)17)18-12-5-4-10-6-7-15-9-11(10)8-12/h4-9,13H,2-3H2,1H3,(H,16,17)/p-1. The van der Waals surface area contributed by atoms with Crippen LogP contribution in [0.4, 0.5) is 0 Å². The van der Waals surface area contributed by atoms with Crippen molar-refractivity contribution in [3.05, 3.63) is 36.7 Å². The Morgan fingerprint density at radius 2 is 2.22 bits per heavy atom. The number of carboxylic acids is 1. The summed E-state index contributed by atoms with van der Waals surface area (Å²) in [6.07, 6.45) is 3.70. The van der Waals surface area contributed by atoms with Crippen molar-refractivity contribution < 1.29 is 14.6 Å². The molecular formula is C14H14NO3-. The van der Waals surface area contributed by atoms with E-state index in [0.29, 0.717) is 12.2 Å². The lowest BCUT2D eigenvalue weighted by Crippen LogP contribution is -2.39. The smallest absolute Gasteiger partial charge is 0.138 e. The Hall–Kier alpha value is -2.10. The lowest BCUT2D eigenvalue weighted by molar-refractivity contribution is -0.313. The molecule has 0 spiro atoms. The van der Waals surface area contributed by atoms with E-state index in [1.807, 2.05) is 19.1 Å². The highest BCUT2D eigenvalue weighted by molar-refractivity contribution is 5.82. The fourth-order valence-corrected chi connectivity index (χ4v) is 1.79. The molecule has 1 aromatic heterocycles. The van der Waals surface area contributed by atoms with Gasteiger partial charge in [-0.2, -0.15) is 0 Å². The first kappa shape index (κ1) is 12.4. The SMILES string of the molecule is CCCC(Oc1ccc2ccncc2c1)C(=O)[O-]. The molecule has 0 saturated carbocycles. The molecule has 4 heteroatoms. The number of pyridine rings is 1. The average Bonchev–Trinajstić information content (AvgIpc) is 2.38. The summed E-state index contributed by atoms with van der Waals surface area (Å²) in [4.78, 5) is 14.9. The van der Waals surface area contributed by atoms with Gasteiger partial charge in [-0.15, -0.1) is 0 Å². The van der Waals surface area contributed by atoms with E-state index in [4.69, 9.17) is 4.74 Å². The summed E-state index contributed by atoms with van der Waals surface area (Å²) in [7, 11) is 0. The molecule has 1 heterocycles. The lowest BCUT2D eigenvalue weighted by Gasteiger charge is -2.19. The van der Waals surface area contributed by atoms with E-state index in [2.05, 4.69) is 4.98 Å². The molecule has 0 radical (unpaired) electrons. The number of hydrogen-bond donors (Lipinski definition) is 0. The summed E-state index contributed by atoms with van der Waals surface area (Å²) >= 11 is 0. The van der Waals surface area contributed by atoms with Gasteiger partial charge in [0.2, 0.25) is 0 Å². The number of carbonyl (C=O) groups excluding carboxylic acids is 1. The van der Waals surface area contributed by atoms with Crippen LogP contribution in [0.15, 0.2) is 36.7 Å². The molecule has 0 aliphatic heterocycles. The van der Waals surface area contributed by atoms with Gasteiger partial charge in [-0.25, -0.2) is 0 Å². The molecule has 0 N–H and O–H groups in total. The van der Waals surface area contributed by atoms with E-state index in [1.165, 1.54) is 0 Å². The zero-order valence-electron chi connectivity index (χ0n) is 10.1. The molecule has 0 fully saturated rings. The van der Waals surface area contributed by atoms with Crippen LogP contribution in [0.1, 0.15) is 19.8 Å². The van der Waals surface area contributed by atoms with Crippen molar-refractivity contribution in [2.45, 2.75) is 25.9 Å². The fourth-order valence-electron chi connectivity index (χ4n) is 1.79. The van der Waals surface area contributed by atoms with Crippen molar-refractivity contribution in [1.29, 1.82) is 0 Å². The Kier molecular flexibility index (Phi) is 3.77. The molecule has 2 aromatic rings. The molecule has 0 aliphatic carbocycles. The summed E-state index contributed by atoms with van der Waals surface area (Å²) in [6, 6.07) is 7.31. The predicted molar refractivity (Wildman–Crippen MR) is 66.1 cm³/mol. The number of fused-ring (bicyclic) bond motifs is 1. The highest BCUT2D eigenvalue weighted by atomic mass is 16.5. The predicted octanol–water partition coefficient (Wildman–Crippen LogP) is 1.53. The highest BCUT2D eigenvalue weighted by Crippen LogP contribution is 2.21. The first-order chi connectivity index (χ1) is 8.70. The molecule has 0 bridgehead atoms. The first-order valence-electron chi connectivity index (χ1n) is 5.92. The summed E-state index contributed by atoms with van der Waals surface area (Å²) in [5.41, 5.74) is 0. The summed E-state index contributed by atoms with van der Waals surface area (Å²) < 4.78 is 5.43. The Bertz CT molecular complexity index is 553. The normalized spacial score (nSPS) is 12.3. The summed E-state index contributed by atoms with van der Waals surface area (Å²) in [6.45, 7) is 1.91. The molecular weight excluding hydrogens is 230 g/mol. The van der Waals surface area contributed by atoms with Crippen LogP contribution < -0.4 is 9.84 Å². The molecule has 0 amide bonds. The van der Waals surface area contributed by atoms with E-state index >= 15 is 0 Å². The maximum absolute atomic E-state index is 10.9. The largest absolute Gasteiger partial charge is 0.546 e. The van der Waals surface area contributed by atoms with Crippen molar-refractivity contribution in [2.24, 2.45) is 0 Å². The van der Waals surface area contributed by atoms with Gasteiger partial charge in [-0.1, -0.05) is 19.4 Å². The maximum atomic E-state index is 10.9. The van der Waals surface area contributed by atoms with Gasteiger partial charge in [-0.3, -0.25) is 4.98 Å². The van der Waals surface area contributed by atoms with Crippen molar-refractivity contribution in [2.75, 3.05) is 0 Å². The molecule has 1 atom stereocenters. The number of rotatable bonds is 5. The minimum atomic E-state index is -1.18. The molecule has 1 aromatic carbocycles. The van der Waals surface area contributed by atoms with Gasteiger partial charge in [0.1, 0.15) is 11.9 Å². The van der Waals surface area contributed by atoms with Gasteiger partial charge in [0.25, 0.3) is 0 Å². The van der Waals surface area contributed by atoms with Crippen LogP contribution in [0.3, 0.4) is 0 Å². The van der Waals surface area contributed by atoms with Gasteiger partial charge in [-0.05, 0) is 30.0 Å². The van der Waals surface area contributed by atoms with E-state index in [-0.39, 0.29) is 0 Å². The molecule has 0 saturated heterocycles. The number of carboxylic acid groups (broad SMARTS) is 1. The van der Waals surface area contributed by atoms with Crippen molar-refractivity contribution in [3.8, 4) is 5.75 Å². The zero-order valence-corrected chi connectivity index (χ0v) is 10.1. The average molecular weight is 244 g/mol. The fraction of sp³-hybridized carbons (Fsp3) is 0.286. The Labute approximate surface area is 105 Å². The van der Waals surface area contributed by atoms with Crippen molar-refractivity contribution in [3.63, 3.8) is 0 Å². The van der Waals surface area contributed by atoms with Crippen molar-refractivity contribution in [1.82, 2.24) is 4.98 Å². The third-order valence-electron chi connectivity index (χ3n) is 2.70. The maximum Gasteiger partial charge on any atom is 0.138 e. The number of ether oxygens (including phenoxy) is 1. The minimum Gasteiger partial charge on any atom is -0.546 e. The van der Waals surface area contributed by atoms with Gasteiger partial charge in [0.15, 0.2) is 0 Å². The lowest BCUT2D eigenvalue weighted by atomic mass is 10.1. The number of aliphatic carboxylic acids is 1. The quantitative estimate of drug-likeness (QED) is 0.800. The molecule has 94 valence electrons.